The van der Waals surface area contributed by atoms with E-state index in [1.54, 1.807) is 25.3 Å². The number of hydrogen-bond acceptors (Lipinski definition) is 4. The summed E-state index contributed by atoms with van der Waals surface area (Å²) in [6, 6.07) is 5.20. The van der Waals surface area contributed by atoms with Crippen LogP contribution in [-0.4, -0.2) is 38.1 Å². The van der Waals surface area contributed by atoms with E-state index in [4.69, 9.17) is 10.5 Å². The van der Waals surface area contributed by atoms with E-state index >= 15 is 0 Å². The molecule has 1 aromatic carbocycles. The van der Waals surface area contributed by atoms with Gasteiger partial charge in [-0.1, -0.05) is 13.8 Å². The van der Waals surface area contributed by atoms with Gasteiger partial charge in [0.2, 0.25) is 5.91 Å². The van der Waals surface area contributed by atoms with E-state index in [0.29, 0.717) is 29.5 Å². The molecule has 0 radical (unpaired) electrons. The topological polar surface area (TPSA) is 67.6 Å². The lowest BCUT2D eigenvalue weighted by Gasteiger charge is -2.17. The van der Waals surface area contributed by atoms with Crippen molar-refractivity contribution < 1.29 is 9.53 Å². The monoisotopic (exact) mass is 293 g/mol. The minimum absolute atomic E-state index is 0.0321. The molecule has 0 heterocycles. The number of rotatable bonds is 8. The van der Waals surface area contributed by atoms with Gasteiger partial charge in [-0.2, -0.15) is 0 Å². The number of carbonyl (C=O) groups excluding carboxylic acids is 1. The van der Waals surface area contributed by atoms with Crippen LogP contribution in [0.4, 0.5) is 11.4 Å². The first-order valence-corrected chi connectivity index (χ1v) is 7.34. The van der Waals surface area contributed by atoms with E-state index in [1.165, 1.54) is 0 Å². The normalized spacial score (nSPS) is 11.0. The number of nitrogens with zero attached hydrogens (tertiary/aromatic N) is 1. The molecular formula is C16H27N3O2. The van der Waals surface area contributed by atoms with Gasteiger partial charge >= 0.3 is 0 Å². The summed E-state index contributed by atoms with van der Waals surface area (Å²) in [5.74, 6) is 1.26. The molecule has 0 fully saturated rings. The summed E-state index contributed by atoms with van der Waals surface area (Å²) >= 11 is 0. The molecule has 1 rings (SSSR count). The zero-order chi connectivity index (χ0) is 15.8. The van der Waals surface area contributed by atoms with Crippen LogP contribution in [0.1, 0.15) is 26.7 Å². The van der Waals surface area contributed by atoms with E-state index in [2.05, 4.69) is 24.1 Å². The Balaban J connectivity index is 2.45. The second-order valence-corrected chi connectivity index (χ2v) is 5.74. The number of carbonyl (C=O) groups is 1. The molecule has 5 heteroatoms. The van der Waals surface area contributed by atoms with Crippen LogP contribution in [0.25, 0.3) is 0 Å². The smallest absolute Gasteiger partial charge is 0.225 e. The zero-order valence-corrected chi connectivity index (χ0v) is 13.5. The van der Waals surface area contributed by atoms with Crippen LogP contribution in [0.2, 0.25) is 0 Å². The number of nitrogens with one attached hydrogen (secondary N) is 1. The molecule has 5 nitrogen and oxygen atoms in total. The molecule has 0 atom stereocenters. The van der Waals surface area contributed by atoms with Gasteiger partial charge < -0.3 is 20.7 Å². The fraction of sp³-hybridized carbons (Fsp3) is 0.562. The minimum atomic E-state index is -0.0321. The Bertz CT molecular complexity index is 461. The average molecular weight is 293 g/mol. The van der Waals surface area contributed by atoms with Crippen molar-refractivity contribution in [2.45, 2.75) is 26.7 Å². The molecule has 0 spiro atoms. The van der Waals surface area contributed by atoms with Gasteiger partial charge in [0.05, 0.1) is 12.8 Å². The maximum atomic E-state index is 12.0. The first kappa shape index (κ1) is 17.3. The van der Waals surface area contributed by atoms with Crippen LogP contribution >= 0.6 is 0 Å². The van der Waals surface area contributed by atoms with Crippen molar-refractivity contribution in [3.8, 4) is 5.75 Å². The first-order chi connectivity index (χ1) is 9.92. The predicted octanol–water partition coefficient (Wildman–Crippen LogP) is 2.58. The van der Waals surface area contributed by atoms with E-state index < -0.39 is 0 Å². The van der Waals surface area contributed by atoms with Crippen LogP contribution in [-0.2, 0) is 4.79 Å². The maximum absolute atomic E-state index is 12.0. The van der Waals surface area contributed by atoms with Gasteiger partial charge in [-0.15, -0.1) is 0 Å². The van der Waals surface area contributed by atoms with Crippen molar-refractivity contribution in [2.24, 2.45) is 5.92 Å². The molecule has 0 aromatic heterocycles. The molecule has 0 bridgehead atoms. The fourth-order valence-corrected chi connectivity index (χ4v) is 1.92. The third-order valence-electron chi connectivity index (χ3n) is 3.31. The van der Waals surface area contributed by atoms with Crippen LogP contribution in [0, 0.1) is 5.92 Å². The summed E-state index contributed by atoms with van der Waals surface area (Å²) in [4.78, 5) is 14.2. The molecule has 118 valence electrons. The van der Waals surface area contributed by atoms with Gasteiger partial charge in [-0.25, -0.2) is 0 Å². The fourth-order valence-electron chi connectivity index (χ4n) is 1.92. The van der Waals surface area contributed by atoms with Gasteiger partial charge in [-0.3, -0.25) is 4.79 Å². The SMILES string of the molecule is COc1ccc(N)cc1NC(=O)CCN(C)CCC(C)C. The number of benzene rings is 1. The number of methoxy groups -OCH3 is 1. The van der Waals surface area contributed by atoms with Crippen LogP contribution in [0.3, 0.4) is 0 Å². The highest BCUT2D eigenvalue weighted by atomic mass is 16.5. The van der Waals surface area contributed by atoms with Crippen molar-refractivity contribution in [1.82, 2.24) is 4.90 Å². The average Bonchev–Trinajstić information content (AvgIpc) is 2.43. The quantitative estimate of drug-likeness (QED) is 0.723. The second kappa shape index (κ2) is 8.52. The summed E-state index contributed by atoms with van der Waals surface area (Å²) < 4.78 is 5.21. The number of nitrogens with two attached hydrogens (primary N) is 1. The Hall–Kier alpha value is -1.75. The minimum Gasteiger partial charge on any atom is -0.495 e. The van der Waals surface area contributed by atoms with E-state index in [0.717, 1.165) is 19.5 Å². The van der Waals surface area contributed by atoms with Crippen LogP contribution in [0.5, 0.6) is 5.75 Å². The van der Waals surface area contributed by atoms with Gasteiger partial charge in [0, 0.05) is 18.7 Å². The predicted molar refractivity (Wildman–Crippen MR) is 87.6 cm³/mol. The molecule has 0 saturated carbocycles. The second-order valence-electron chi connectivity index (χ2n) is 5.74. The summed E-state index contributed by atoms with van der Waals surface area (Å²) in [5, 5.41) is 2.85. The molecule has 1 aromatic rings. The molecule has 3 N–H and O–H groups in total. The molecule has 0 unspecified atom stereocenters. The Morgan fingerprint density at radius 3 is 2.71 bits per heavy atom. The van der Waals surface area contributed by atoms with Gasteiger partial charge in [-0.05, 0) is 44.1 Å². The summed E-state index contributed by atoms with van der Waals surface area (Å²) in [6.45, 7) is 6.15. The Kier molecular flexibility index (Phi) is 7.02. The third kappa shape index (κ3) is 6.49. The standard InChI is InChI=1S/C16H27N3O2/c1-12(2)7-9-19(3)10-8-16(20)18-14-11-13(17)5-6-15(14)21-4/h5-6,11-12H,7-10,17H2,1-4H3,(H,18,20). The molecule has 0 aliphatic carbocycles. The highest BCUT2D eigenvalue weighted by Gasteiger charge is 2.09. The molecule has 0 saturated heterocycles. The molecule has 1 amide bonds. The van der Waals surface area contributed by atoms with Crippen molar-refractivity contribution in [3.63, 3.8) is 0 Å². The largest absolute Gasteiger partial charge is 0.495 e. The van der Waals surface area contributed by atoms with Crippen molar-refractivity contribution in [3.05, 3.63) is 18.2 Å². The Morgan fingerprint density at radius 1 is 1.38 bits per heavy atom. The van der Waals surface area contributed by atoms with E-state index in [1.807, 2.05) is 7.05 Å². The van der Waals surface area contributed by atoms with E-state index in [-0.39, 0.29) is 5.91 Å². The molecule has 0 aliphatic heterocycles. The molecule has 21 heavy (non-hydrogen) atoms. The third-order valence-corrected chi connectivity index (χ3v) is 3.31. The van der Waals surface area contributed by atoms with E-state index in [9.17, 15) is 4.79 Å². The molecule has 0 aliphatic rings. The number of hydrogen-bond donors (Lipinski definition) is 2. The van der Waals surface area contributed by atoms with Crippen molar-refractivity contribution >= 4 is 17.3 Å². The van der Waals surface area contributed by atoms with Crippen LogP contribution in [0.15, 0.2) is 18.2 Å². The Labute approximate surface area is 127 Å². The van der Waals surface area contributed by atoms with Gasteiger partial charge in [0.15, 0.2) is 0 Å². The highest BCUT2D eigenvalue weighted by molar-refractivity contribution is 5.93. The van der Waals surface area contributed by atoms with Crippen molar-refractivity contribution in [2.75, 3.05) is 38.3 Å². The van der Waals surface area contributed by atoms with Crippen LogP contribution < -0.4 is 15.8 Å². The summed E-state index contributed by atoms with van der Waals surface area (Å²) in [6.07, 6.45) is 1.59. The Morgan fingerprint density at radius 2 is 2.10 bits per heavy atom. The number of amides is 1. The van der Waals surface area contributed by atoms with Gasteiger partial charge in [0.25, 0.3) is 0 Å². The number of ether oxygens (including phenoxy) is 1. The van der Waals surface area contributed by atoms with Crippen molar-refractivity contribution in [1.29, 1.82) is 0 Å². The van der Waals surface area contributed by atoms with Gasteiger partial charge in [0.1, 0.15) is 5.75 Å². The maximum Gasteiger partial charge on any atom is 0.225 e. The number of anilines is 2. The zero-order valence-electron chi connectivity index (χ0n) is 13.5. The highest BCUT2D eigenvalue weighted by Crippen LogP contribution is 2.26. The molecular weight excluding hydrogens is 266 g/mol. The number of nitrogen functional groups attached to an aromatic ring is 1. The summed E-state index contributed by atoms with van der Waals surface area (Å²) in [7, 11) is 3.61. The lowest BCUT2D eigenvalue weighted by molar-refractivity contribution is -0.116. The first-order valence-electron chi connectivity index (χ1n) is 7.34. The summed E-state index contributed by atoms with van der Waals surface area (Å²) in [5.41, 5.74) is 6.95. The lowest BCUT2D eigenvalue weighted by Crippen LogP contribution is -2.26. The lowest BCUT2D eigenvalue weighted by atomic mass is 10.1.